The molecule has 1 aromatic rings. The molecule has 0 amide bonds. The number of nitrogens with zero attached hydrogens (tertiary/aromatic N) is 1. The molecule has 0 aliphatic carbocycles. The molecule has 1 aromatic heterocycles. The summed E-state index contributed by atoms with van der Waals surface area (Å²) in [6.45, 7) is 0.914. The maximum Gasteiger partial charge on any atom is 0.110 e. The lowest BCUT2D eigenvalue weighted by Gasteiger charge is -2.08. The van der Waals surface area contributed by atoms with Crippen LogP contribution in [0.1, 0.15) is 16.2 Å². The van der Waals surface area contributed by atoms with Crippen molar-refractivity contribution in [2.45, 2.75) is 19.0 Å². The van der Waals surface area contributed by atoms with Crippen LogP contribution < -0.4 is 5.32 Å². The number of nitriles is 1. The summed E-state index contributed by atoms with van der Waals surface area (Å²) in [7, 11) is 0. The van der Waals surface area contributed by atoms with E-state index in [-0.39, 0.29) is 0 Å². The molecule has 2 nitrogen and oxygen atoms in total. The third-order valence-corrected chi connectivity index (χ3v) is 4.42. The summed E-state index contributed by atoms with van der Waals surface area (Å²) in [6, 6.07) is 6.77. The van der Waals surface area contributed by atoms with Crippen LogP contribution in [0.25, 0.3) is 0 Å². The molecule has 0 spiro atoms. The van der Waals surface area contributed by atoms with Crippen LogP contribution in [0.4, 0.5) is 0 Å². The minimum absolute atomic E-state index is 0.674. The van der Waals surface area contributed by atoms with E-state index in [9.17, 15) is 0 Å². The monoisotopic (exact) mass is 224 g/mol. The second kappa shape index (κ2) is 4.83. The van der Waals surface area contributed by atoms with Gasteiger partial charge in [0.1, 0.15) is 10.9 Å². The van der Waals surface area contributed by atoms with E-state index >= 15 is 0 Å². The Labute approximate surface area is 92.3 Å². The average molecular weight is 224 g/mol. The van der Waals surface area contributed by atoms with Crippen molar-refractivity contribution in [2.75, 3.05) is 11.5 Å². The molecule has 1 atom stereocenters. The fraction of sp³-hybridized carbons (Fsp3) is 0.500. The predicted molar refractivity (Wildman–Crippen MR) is 61.6 cm³/mol. The van der Waals surface area contributed by atoms with E-state index in [1.807, 2.05) is 23.9 Å². The zero-order valence-corrected chi connectivity index (χ0v) is 9.46. The van der Waals surface area contributed by atoms with Gasteiger partial charge in [0, 0.05) is 23.2 Å². The normalized spacial score (nSPS) is 20.9. The first-order valence-electron chi connectivity index (χ1n) is 4.68. The molecule has 1 saturated heterocycles. The smallest absolute Gasteiger partial charge is 0.110 e. The van der Waals surface area contributed by atoms with E-state index in [2.05, 4.69) is 11.4 Å². The topological polar surface area (TPSA) is 35.8 Å². The second-order valence-electron chi connectivity index (χ2n) is 3.32. The number of thiophene rings is 1. The summed E-state index contributed by atoms with van der Waals surface area (Å²) in [4.78, 5) is 2.07. The number of thioether (sulfide) groups is 1. The van der Waals surface area contributed by atoms with Crippen molar-refractivity contribution in [3.05, 3.63) is 21.9 Å². The number of hydrogen-bond donors (Lipinski definition) is 1. The molecule has 1 N–H and O–H groups in total. The van der Waals surface area contributed by atoms with Crippen molar-refractivity contribution in [3.63, 3.8) is 0 Å². The number of hydrogen-bond acceptors (Lipinski definition) is 4. The highest BCUT2D eigenvalue weighted by atomic mass is 32.2. The maximum absolute atomic E-state index is 8.67. The van der Waals surface area contributed by atoms with Gasteiger partial charge in [-0.25, -0.2) is 0 Å². The minimum Gasteiger partial charge on any atom is -0.308 e. The third-order valence-electron chi connectivity index (χ3n) is 2.27. The summed E-state index contributed by atoms with van der Waals surface area (Å²) < 4.78 is 0. The highest BCUT2D eigenvalue weighted by molar-refractivity contribution is 7.99. The fourth-order valence-corrected chi connectivity index (χ4v) is 3.42. The zero-order valence-electron chi connectivity index (χ0n) is 7.82. The predicted octanol–water partition coefficient (Wildman–Crippen LogP) is 2.21. The van der Waals surface area contributed by atoms with Crippen molar-refractivity contribution in [1.29, 1.82) is 5.26 Å². The van der Waals surface area contributed by atoms with E-state index in [0.29, 0.717) is 6.04 Å². The van der Waals surface area contributed by atoms with Gasteiger partial charge in [-0.1, -0.05) is 0 Å². The van der Waals surface area contributed by atoms with Crippen LogP contribution in [-0.2, 0) is 6.54 Å². The lowest BCUT2D eigenvalue weighted by Crippen LogP contribution is -2.27. The number of nitrogens with one attached hydrogen (secondary N) is 1. The van der Waals surface area contributed by atoms with Crippen LogP contribution in [0.15, 0.2) is 12.1 Å². The first-order valence-corrected chi connectivity index (χ1v) is 6.65. The summed E-state index contributed by atoms with van der Waals surface area (Å²) in [5.74, 6) is 2.52. The van der Waals surface area contributed by atoms with Crippen LogP contribution in [0.2, 0.25) is 0 Å². The Balaban J connectivity index is 1.82. The van der Waals surface area contributed by atoms with Crippen LogP contribution in [0, 0.1) is 11.3 Å². The zero-order chi connectivity index (χ0) is 9.80. The molecule has 2 heterocycles. The minimum atomic E-state index is 0.674. The Morgan fingerprint density at radius 2 is 2.50 bits per heavy atom. The van der Waals surface area contributed by atoms with Crippen LogP contribution in [0.5, 0.6) is 0 Å². The van der Waals surface area contributed by atoms with Gasteiger partial charge < -0.3 is 5.32 Å². The third kappa shape index (κ3) is 2.50. The Morgan fingerprint density at radius 3 is 3.14 bits per heavy atom. The van der Waals surface area contributed by atoms with Gasteiger partial charge in [0.25, 0.3) is 0 Å². The van der Waals surface area contributed by atoms with Crippen molar-refractivity contribution in [1.82, 2.24) is 5.32 Å². The quantitative estimate of drug-likeness (QED) is 0.855. The van der Waals surface area contributed by atoms with Gasteiger partial charge in [-0.15, -0.1) is 11.3 Å². The van der Waals surface area contributed by atoms with Crippen LogP contribution in [0.3, 0.4) is 0 Å². The van der Waals surface area contributed by atoms with E-state index in [1.165, 1.54) is 22.8 Å². The molecule has 0 radical (unpaired) electrons. The van der Waals surface area contributed by atoms with E-state index in [4.69, 9.17) is 5.26 Å². The lowest BCUT2D eigenvalue weighted by atomic mass is 10.2. The molecule has 0 saturated carbocycles. The summed E-state index contributed by atoms with van der Waals surface area (Å²) in [5.41, 5.74) is 0. The van der Waals surface area contributed by atoms with Gasteiger partial charge in [0.05, 0.1) is 0 Å². The largest absolute Gasteiger partial charge is 0.308 e. The molecular formula is C10H12N2S2. The van der Waals surface area contributed by atoms with Gasteiger partial charge in [-0.3, -0.25) is 0 Å². The first-order chi connectivity index (χ1) is 6.88. The van der Waals surface area contributed by atoms with Crippen molar-refractivity contribution < 1.29 is 0 Å². The Morgan fingerprint density at radius 1 is 1.57 bits per heavy atom. The molecule has 74 valence electrons. The summed E-state index contributed by atoms with van der Waals surface area (Å²) in [5, 5.41) is 12.2. The van der Waals surface area contributed by atoms with E-state index in [0.717, 1.165) is 11.4 Å². The fourth-order valence-electron chi connectivity index (χ4n) is 1.47. The molecule has 1 aliphatic heterocycles. The molecule has 2 rings (SSSR count). The van der Waals surface area contributed by atoms with E-state index in [1.54, 1.807) is 11.3 Å². The molecule has 14 heavy (non-hydrogen) atoms. The molecule has 0 aromatic carbocycles. The summed E-state index contributed by atoms with van der Waals surface area (Å²) in [6.07, 6.45) is 1.28. The van der Waals surface area contributed by atoms with E-state index < -0.39 is 0 Å². The molecular weight excluding hydrogens is 212 g/mol. The average Bonchev–Trinajstić information content (AvgIpc) is 2.86. The SMILES string of the molecule is N#Cc1ccc(CNC2CCSC2)s1. The second-order valence-corrected chi connectivity index (χ2v) is 5.64. The molecule has 1 fully saturated rings. The number of rotatable bonds is 3. The molecule has 4 heteroatoms. The molecule has 0 bridgehead atoms. The van der Waals surface area contributed by atoms with Crippen LogP contribution >= 0.6 is 23.1 Å². The Hall–Kier alpha value is -0.500. The standard InChI is InChI=1S/C10H12N2S2/c11-5-9-1-2-10(14-9)6-12-8-3-4-13-7-8/h1-2,8,12H,3-4,6-7H2. The van der Waals surface area contributed by atoms with Gasteiger partial charge in [-0.2, -0.15) is 17.0 Å². The summed E-state index contributed by atoms with van der Waals surface area (Å²) >= 11 is 3.60. The van der Waals surface area contributed by atoms with Crippen molar-refractivity contribution >= 4 is 23.1 Å². The molecule has 1 unspecified atom stereocenters. The Kier molecular flexibility index (Phi) is 3.46. The van der Waals surface area contributed by atoms with Crippen molar-refractivity contribution in [3.8, 4) is 6.07 Å². The van der Waals surface area contributed by atoms with Crippen LogP contribution in [-0.4, -0.2) is 17.5 Å². The Bertz CT molecular complexity index is 334. The lowest BCUT2D eigenvalue weighted by molar-refractivity contribution is 0.561. The van der Waals surface area contributed by atoms with Gasteiger partial charge >= 0.3 is 0 Å². The van der Waals surface area contributed by atoms with Gasteiger partial charge in [0.2, 0.25) is 0 Å². The maximum atomic E-state index is 8.67. The highest BCUT2D eigenvalue weighted by Gasteiger charge is 2.14. The van der Waals surface area contributed by atoms with Crippen molar-refractivity contribution in [2.24, 2.45) is 0 Å². The highest BCUT2D eigenvalue weighted by Crippen LogP contribution is 2.19. The van der Waals surface area contributed by atoms with Gasteiger partial charge in [0.15, 0.2) is 0 Å². The molecule has 1 aliphatic rings. The first kappa shape index (κ1) is 10.0. The van der Waals surface area contributed by atoms with Gasteiger partial charge in [-0.05, 0) is 24.3 Å².